The molecule has 5 heteroatoms. The van der Waals surface area contributed by atoms with E-state index in [0.717, 1.165) is 19.4 Å². The van der Waals surface area contributed by atoms with E-state index in [4.69, 9.17) is 10.5 Å². The van der Waals surface area contributed by atoms with Crippen molar-refractivity contribution in [2.24, 2.45) is 5.73 Å². The number of hydrogen-bond acceptors (Lipinski definition) is 4. The first-order valence-electron chi connectivity index (χ1n) is 5.44. The van der Waals surface area contributed by atoms with Crippen molar-refractivity contribution in [3.8, 4) is 0 Å². The number of carbonyl (C=O) groups excluding carboxylic acids is 1. The minimum absolute atomic E-state index is 0.0663. The van der Waals surface area contributed by atoms with E-state index in [1.54, 1.807) is 11.9 Å². The topological polar surface area (TPSA) is 67.6 Å². The molecule has 0 aromatic rings. The van der Waals surface area contributed by atoms with Crippen molar-refractivity contribution >= 4 is 5.91 Å². The van der Waals surface area contributed by atoms with E-state index in [1.165, 1.54) is 0 Å². The Balaban J connectivity index is 2.33. The molecule has 2 unspecified atom stereocenters. The summed E-state index contributed by atoms with van der Waals surface area (Å²) >= 11 is 0. The summed E-state index contributed by atoms with van der Waals surface area (Å²) in [6.07, 6.45) is 1.48. The fourth-order valence-electron chi connectivity index (χ4n) is 1.70. The van der Waals surface area contributed by atoms with Gasteiger partial charge >= 0.3 is 0 Å². The Labute approximate surface area is 90.9 Å². The molecule has 1 aliphatic heterocycles. The van der Waals surface area contributed by atoms with Crippen LogP contribution in [0.1, 0.15) is 12.8 Å². The summed E-state index contributed by atoms with van der Waals surface area (Å²) in [6.45, 7) is 2.02. The Bertz CT molecular complexity index is 211. The van der Waals surface area contributed by atoms with Crippen LogP contribution in [0, 0.1) is 0 Å². The molecule has 2 atom stereocenters. The van der Waals surface area contributed by atoms with E-state index in [1.807, 2.05) is 7.05 Å². The van der Waals surface area contributed by atoms with Gasteiger partial charge in [-0.2, -0.15) is 0 Å². The zero-order chi connectivity index (χ0) is 11.3. The Morgan fingerprint density at radius 3 is 2.87 bits per heavy atom. The Morgan fingerprint density at radius 2 is 2.33 bits per heavy atom. The minimum Gasteiger partial charge on any atom is -0.364 e. The van der Waals surface area contributed by atoms with Crippen LogP contribution in [0.4, 0.5) is 0 Å². The highest BCUT2D eigenvalue weighted by molar-refractivity contribution is 5.80. The average Bonchev–Trinajstić information content (AvgIpc) is 2.73. The molecule has 1 saturated heterocycles. The van der Waals surface area contributed by atoms with Crippen LogP contribution in [0.25, 0.3) is 0 Å². The predicted octanol–water partition coefficient (Wildman–Crippen LogP) is -0.829. The zero-order valence-corrected chi connectivity index (χ0v) is 9.53. The number of hydrogen-bond donors (Lipinski definition) is 2. The van der Waals surface area contributed by atoms with E-state index in [2.05, 4.69) is 5.32 Å². The van der Waals surface area contributed by atoms with Crippen LogP contribution in [0.2, 0.25) is 0 Å². The van der Waals surface area contributed by atoms with Gasteiger partial charge in [-0.3, -0.25) is 4.79 Å². The van der Waals surface area contributed by atoms with Gasteiger partial charge in [-0.15, -0.1) is 0 Å². The molecule has 0 radical (unpaired) electrons. The molecule has 1 aliphatic rings. The third kappa shape index (κ3) is 3.44. The maximum absolute atomic E-state index is 11.8. The molecule has 5 nitrogen and oxygen atoms in total. The second kappa shape index (κ2) is 6.05. The number of ether oxygens (including phenoxy) is 1. The molecule has 1 rings (SSSR count). The van der Waals surface area contributed by atoms with Crippen LogP contribution in [0.5, 0.6) is 0 Å². The summed E-state index contributed by atoms with van der Waals surface area (Å²) in [7, 11) is 3.67. The quantitative estimate of drug-likeness (QED) is 0.628. The van der Waals surface area contributed by atoms with Gasteiger partial charge in [0.05, 0.1) is 6.10 Å². The van der Waals surface area contributed by atoms with Crippen molar-refractivity contribution in [3.05, 3.63) is 0 Å². The van der Waals surface area contributed by atoms with Gasteiger partial charge in [0.1, 0.15) is 6.10 Å². The van der Waals surface area contributed by atoms with Crippen LogP contribution in [0.3, 0.4) is 0 Å². The largest absolute Gasteiger partial charge is 0.364 e. The lowest BCUT2D eigenvalue weighted by molar-refractivity contribution is -0.141. The van der Waals surface area contributed by atoms with E-state index < -0.39 is 0 Å². The fourth-order valence-corrected chi connectivity index (χ4v) is 1.70. The van der Waals surface area contributed by atoms with Crippen molar-refractivity contribution in [1.29, 1.82) is 0 Å². The third-order valence-corrected chi connectivity index (χ3v) is 2.72. The maximum Gasteiger partial charge on any atom is 0.251 e. The SMILES string of the molecule is CNCCN(C)C(=O)C1CCC(CN)O1. The lowest BCUT2D eigenvalue weighted by atomic mass is 10.2. The molecular weight excluding hydrogens is 194 g/mol. The van der Waals surface area contributed by atoms with Gasteiger partial charge in [0, 0.05) is 26.7 Å². The number of amides is 1. The predicted molar refractivity (Wildman–Crippen MR) is 58.5 cm³/mol. The molecule has 0 aromatic carbocycles. The molecule has 1 amide bonds. The van der Waals surface area contributed by atoms with Crippen molar-refractivity contribution in [2.45, 2.75) is 25.0 Å². The highest BCUT2D eigenvalue weighted by Crippen LogP contribution is 2.20. The van der Waals surface area contributed by atoms with E-state index in [0.29, 0.717) is 13.1 Å². The fraction of sp³-hybridized carbons (Fsp3) is 0.900. The monoisotopic (exact) mass is 215 g/mol. The van der Waals surface area contributed by atoms with E-state index in [-0.39, 0.29) is 18.1 Å². The molecule has 1 heterocycles. The lowest BCUT2D eigenvalue weighted by Crippen LogP contribution is -2.40. The van der Waals surface area contributed by atoms with Crippen molar-refractivity contribution < 1.29 is 9.53 Å². The molecule has 15 heavy (non-hydrogen) atoms. The van der Waals surface area contributed by atoms with Gasteiger partial charge in [0.15, 0.2) is 0 Å². The average molecular weight is 215 g/mol. The van der Waals surface area contributed by atoms with Crippen LogP contribution in [0.15, 0.2) is 0 Å². The number of nitrogens with zero attached hydrogens (tertiary/aromatic N) is 1. The van der Waals surface area contributed by atoms with Gasteiger partial charge in [-0.1, -0.05) is 0 Å². The molecule has 0 saturated carbocycles. The summed E-state index contributed by atoms with van der Waals surface area (Å²) in [5.74, 6) is 0.0706. The Kier molecular flexibility index (Phi) is 5.01. The van der Waals surface area contributed by atoms with E-state index >= 15 is 0 Å². The van der Waals surface area contributed by atoms with Gasteiger partial charge < -0.3 is 20.7 Å². The van der Waals surface area contributed by atoms with Crippen LogP contribution in [-0.4, -0.2) is 56.7 Å². The minimum atomic E-state index is -0.277. The highest BCUT2D eigenvalue weighted by atomic mass is 16.5. The molecule has 3 N–H and O–H groups in total. The first-order valence-corrected chi connectivity index (χ1v) is 5.44. The van der Waals surface area contributed by atoms with Crippen molar-refractivity contribution in [3.63, 3.8) is 0 Å². The second-order valence-electron chi connectivity index (χ2n) is 3.92. The molecule has 1 fully saturated rings. The van der Waals surface area contributed by atoms with Gasteiger partial charge in [0.25, 0.3) is 5.91 Å². The first-order chi connectivity index (χ1) is 7.19. The van der Waals surface area contributed by atoms with Crippen LogP contribution in [-0.2, 0) is 9.53 Å². The molecule has 88 valence electrons. The molecule has 0 bridgehead atoms. The number of rotatable bonds is 5. The Hall–Kier alpha value is -0.650. The number of carbonyl (C=O) groups is 1. The summed E-state index contributed by atoms with van der Waals surface area (Å²) in [4.78, 5) is 13.6. The number of nitrogens with two attached hydrogens (primary N) is 1. The normalized spacial score (nSPS) is 25.5. The van der Waals surface area contributed by atoms with Crippen LogP contribution < -0.4 is 11.1 Å². The number of nitrogens with one attached hydrogen (secondary N) is 1. The second-order valence-corrected chi connectivity index (χ2v) is 3.92. The van der Waals surface area contributed by atoms with E-state index in [9.17, 15) is 4.79 Å². The van der Waals surface area contributed by atoms with Crippen molar-refractivity contribution in [2.75, 3.05) is 33.7 Å². The van der Waals surface area contributed by atoms with Crippen molar-refractivity contribution in [1.82, 2.24) is 10.2 Å². The lowest BCUT2D eigenvalue weighted by Gasteiger charge is -2.21. The maximum atomic E-state index is 11.8. The highest BCUT2D eigenvalue weighted by Gasteiger charge is 2.31. The molecule has 0 aromatic heterocycles. The van der Waals surface area contributed by atoms with Gasteiger partial charge in [-0.05, 0) is 19.9 Å². The smallest absolute Gasteiger partial charge is 0.251 e. The molecule has 0 spiro atoms. The summed E-state index contributed by atoms with van der Waals surface area (Å²) in [6, 6.07) is 0. The standard InChI is InChI=1S/C10H21N3O2/c1-12-5-6-13(2)10(14)9-4-3-8(7-11)15-9/h8-9,12H,3-7,11H2,1-2H3. The summed E-state index contributed by atoms with van der Waals surface area (Å²) in [5.41, 5.74) is 5.49. The van der Waals surface area contributed by atoms with Gasteiger partial charge in [0.2, 0.25) is 0 Å². The Morgan fingerprint density at radius 1 is 1.60 bits per heavy atom. The zero-order valence-electron chi connectivity index (χ0n) is 9.53. The molecule has 0 aliphatic carbocycles. The van der Waals surface area contributed by atoms with Crippen LogP contribution >= 0.6 is 0 Å². The molecular formula is C10H21N3O2. The number of likely N-dealkylation sites (N-methyl/N-ethyl adjacent to an activating group) is 2. The summed E-state index contributed by atoms with van der Waals surface area (Å²) < 4.78 is 5.54. The van der Waals surface area contributed by atoms with Gasteiger partial charge in [-0.25, -0.2) is 0 Å². The first kappa shape index (κ1) is 12.4. The third-order valence-electron chi connectivity index (χ3n) is 2.72. The summed E-state index contributed by atoms with van der Waals surface area (Å²) in [5, 5.41) is 3.01.